The van der Waals surface area contributed by atoms with E-state index < -0.39 is 0 Å². The molecule has 0 atom stereocenters. The number of aryl methyl sites for hydroxylation is 1. The van der Waals surface area contributed by atoms with Gasteiger partial charge in [0.15, 0.2) is 0 Å². The highest BCUT2D eigenvalue weighted by atomic mass is 35.5. The maximum absolute atomic E-state index is 11.8. The minimum absolute atomic E-state index is 0.280. The summed E-state index contributed by atoms with van der Waals surface area (Å²) in [5, 5.41) is 3.18. The SMILES string of the molecule is Cc1cnc(CNC(=O)c2cc(Cl)ccn2)cn1. The Morgan fingerprint density at radius 3 is 2.83 bits per heavy atom. The average Bonchev–Trinajstić information content (AvgIpc) is 2.38. The van der Waals surface area contributed by atoms with Gasteiger partial charge < -0.3 is 5.32 Å². The van der Waals surface area contributed by atoms with Crippen molar-refractivity contribution in [1.82, 2.24) is 20.3 Å². The molecule has 18 heavy (non-hydrogen) atoms. The van der Waals surface area contributed by atoms with Gasteiger partial charge in [-0.2, -0.15) is 0 Å². The fraction of sp³-hybridized carbons (Fsp3) is 0.167. The van der Waals surface area contributed by atoms with E-state index in [0.29, 0.717) is 17.3 Å². The summed E-state index contributed by atoms with van der Waals surface area (Å²) in [4.78, 5) is 23.9. The maximum atomic E-state index is 11.8. The van der Waals surface area contributed by atoms with Crippen molar-refractivity contribution in [2.45, 2.75) is 13.5 Å². The minimum Gasteiger partial charge on any atom is -0.345 e. The van der Waals surface area contributed by atoms with Gasteiger partial charge in [0.2, 0.25) is 0 Å². The second kappa shape index (κ2) is 5.55. The van der Waals surface area contributed by atoms with Gasteiger partial charge in [0.05, 0.1) is 24.1 Å². The van der Waals surface area contributed by atoms with E-state index in [9.17, 15) is 4.79 Å². The molecule has 2 rings (SSSR count). The van der Waals surface area contributed by atoms with E-state index in [1.54, 1.807) is 18.5 Å². The quantitative estimate of drug-likeness (QED) is 0.915. The smallest absolute Gasteiger partial charge is 0.270 e. The van der Waals surface area contributed by atoms with Crippen LogP contribution in [-0.4, -0.2) is 20.9 Å². The lowest BCUT2D eigenvalue weighted by Crippen LogP contribution is -2.24. The van der Waals surface area contributed by atoms with E-state index in [0.717, 1.165) is 5.69 Å². The molecule has 0 radical (unpaired) electrons. The van der Waals surface area contributed by atoms with Gasteiger partial charge in [0.1, 0.15) is 5.69 Å². The van der Waals surface area contributed by atoms with Crippen molar-refractivity contribution in [3.8, 4) is 0 Å². The van der Waals surface area contributed by atoms with E-state index in [-0.39, 0.29) is 11.6 Å². The van der Waals surface area contributed by atoms with Gasteiger partial charge in [0.25, 0.3) is 5.91 Å². The van der Waals surface area contributed by atoms with E-state index in [1.807, 2.05) is 6.92 Å². The van der Waals surface area contributed by atoms with Crippen LogP contribution in [-0.2, 0) is 6.54 Å². The lowest BCUT2D eigenvalue weighted by Gasteiger charge is -2.04. The lowest BCUT2D eigenvalue weighted by molar-refractivity contribution is 0.0945. The van der Waals surface area contributed by atoms with E-state index >= 15 is 0 Å². The fourth-order valence-corrected chi connectivity index (χ4v) is 1.46. The molecular weight excluding hydrogens is 252 g/mol. The van der Waals surface area contributed by atoms with Crippen LogP contribution in [0.15, 0.2) is 30.7 Å². The van der Waals surface area contributed by atoms with Crippen molar-refractivity contribution in [3.05, 3.63) is 52.8 Å². The number of halogens is 1. The Balaban J connectivity index is 1.98. The standard InChI is InChI=1S/C12H11ClN4O/c1-8-5-16-10(6-15-8)7-17-12(18)11-4-9(13)2-3-14-11/h2-6H,7H2,1H3,(H,17,18). The van der Waals surface area contributed by atoms with Crippen molar-refractivity contribution in [3.63, 3.8) is 0 Å². The van der Waals surface area contributed by atoms with Crippen LogP contribution in [0.5, 0.6) is 0 Å². The van der Waals surface area contributed by atoms with Gasteiger partial charge in [-0.05, 0) is 19.1 Å². The molecular formula is C12H11ClN4O. The summed E-state index contributed by atoms with van der Waals surface area (Å²) >= 11 is 5.78. The van der Waals surface area contributed by atoms with Gasteiger partial charge in [0, 0.05) is 17.4 Å². The van der Waals surface area contributed by atoms with Gasteiger partial charge in [-0.3, -0.25) is 19.7 Å². The van der Waals surface area contributed by atoms with Crippen molar-refractivity contribution in [1.29, 1.82) is 0 Å². The minimum atomic E-state index is -0.292. The zero-order chi connectivity index (χ0) is 13.0. The topological polar surface area (TPSA) is 67.8 Å². The van der Waals surface area contributed by atoms with Crippen molar-refractivity contribution < 1.29 is 4.79 Å². The number of aromatic nitrogens is 3. The second-order valence-corrected chi connectivity index (χ2v) is 4.13. The van der Waals surface area contributed by atoms with Crippen LogP contribution in [0.1, 0.15) is 21.9 Å². The molecule has 0 unspecified atom stereocenters. The normalized spacial score (nSPS) is 10.1. The highest BCUT2D eigenvalue weighted by molar-refractivity contribution is 6.30. The van der Waals surface area contributed by atoms with Crippen LogP contribution >= 0.6 is 11.6 Å². The molecule has 1 N–H and O–H groups in total. The molecule has 5 nitrogen and oxygen atoms in total. The lowest BCUT2D eigenvalue weighted by atomic mass is 10.3. The number of amides is 1. The molecule has 92 valence electrons. The molecule has 2 aromatic rings. The molecule has 0 saturated heterocycles. The average molecular weight is 263 g/mol. The van der Waals surface area contributed by atoms with E-state index in [4.69, 9.17) is 11.6 Å². The molecule has 0 aliphatic carbocycles. The molecule has 0 spiro atoms. The summed E-state index contributed by atoms with van der Waals surface area (Å²) in [6.07, 6.45) is 4.77. The Kier molecular flexibility index (Phi) is 3.84. The highest BCUT2D eigenvalue weighted by Gasteiger charge is 2.07. The van der Waals surface area contributed by atoms with Gasteiger partial charge in [-0.25, -0.2) is 0 Å². The summed E-state index contributed by atoms with van der Waals surface area (Å²) in [5.41, 5.74) is 1.81. The van der Waals surface area contributed by atoms with Crippen LogP contribution in [0, 0.1) is 6.92 Å². The van der Waals surface area contributed by atoms with Crippen LogP contribution < -0.4 is 5.32 Å². The molecule has 0 aliphatic rings. The van der Waals surface area contributed by atoms with Crippen molar-refractivity contribution in [2.24, 2.45) is 0 Å². The van der Waals surface area contributed by atoms with E-state index in [1.165, 1.54) is 12.3 Å². The molecule has 0 saturated carbocycles. The number of nitrogens with zero attached hydrogens (tertiary/aromatic N) is 3. The Hall–Kier alpha value is -2.01. The largest absolute Gasteiger partial charge is 0.345 e. The van der Waals surface area contributed by atoms with Crippen LogP contribution in [0.4, 0.5) is 0 Å². The summed E-state index contributed by atoms with van der Waals surface area (Å²) in [7, 11) is 0. The molecule has 2 heterocycles. The van der Waals surface area contributed by atoms with Crippen LogP contribution in [0.3, 0.4) is 0 Å². The Bertz CT molecular complexity index is 556. The summed E-state index contributed by atoms with van der Waals surface area (Å²) < 4.78 is 0. The van der Waals surface area contributed by atoms with Gasteiger partial charge in [-0.1, -0.05) is 11.6 Å². The third-order valence-corrected chi connectivity index (χ3v) is 2.45. The predicted octanol–water partition coefficient (Wildman–Crippen LogP) is 1.76. The zero-order valence-corrected chi connectivity index (χ0v) is 10.5. The van der Waals surface area contributed by atoms with E-state index in [2.05, 4.69) is 20.3 Å². The first-order chi connectivity index (χ1) is 8.65. The van der Waals surface area contributed by atoms with Gasteiger partial charge >= 0.3 is 0 Å². The number of carbonyl (C=O) groups is 1. The molecule has 0 aromatic carbocycles. The van der Waals surface area contributed by atoms with Crippen LogP contribution in [0.2, 0.25) is 5.02 Å². The first-order valence-electron chi connectivity index (χ1n) is 5.32. The number of rotatable bonds is 3. The third-order valence-electron chi connectivity index (χ3n) is 2.22. The highest BCUT2D eigenvalue weighted by Crippen LogP contribution is 2.07. The molecule has 0 fully saturated rings. The summed E-state index contributed by atoms with van der Waals surface area (Å²) in [6.45, 7) is 2.16. The third kappa shape index (κ3) is 3.24. The van der Waals surface area contributed by atoms with Crippen molar-refractivity contribution in [2.75, 3.05) is 0 Å². The number of hydrogen-bond acceptors (Lipinski definition) is 4. The number of carbonyl (C=O) groups excluding carboxylic acids is 1. The Labute approximate surface area is 109 Å². The molecule has 1 amide bonds. The summed E-state index contributed by atoms with van der Waals surface area (Å²) in [6, 6.07) is 3.13. The van der Waals surface area contributed by atoms with Crippen molar-refractivity contribution >= 4 is 17.5 Å². The fourth-order valence-electron chi connectivity index (χ4n) is 1.30. The molecule has 0 aliphatic heterocycles. The predicted molar refractivity (Wildman–Crippen MR) is 67.2 cm³/mol. The first kappa shape index (κ1) is 12.4. The molecule has 0 bridgehead atoms. The zero-order valence-electron chi connectivity index (χ0n) is 9.72. The van der Waals surface area contributed by atoms with Crippen LogP contribution in [0.25, 0.3) is 0 Å². The maximum Gasteiger partial charge on any atom is 0.270 e. The first-order valence-corrected chi connectivity index (χ1v) is 5.70. The monoisotopic (exact) mass is 262 g/mol. The number of hydrogen-bond donors (Lipinski definition) is 1. The Morgan fingerprint density at radius 2 is 2.17 bits per heavy atom. The summed E-state index contributed by atoms with van der Waals surface area (Å²) in [5.74, 6) is -0.292. The Morgan fingerprint density at radius 1 is 1.33 bits per heavy atom. The number of pyridine rings is 1. The molecule has 2 aromatic heterocycles. The second-order valence-electron chi connectivity index (χ2n) is 3.69. The molecule has 6 heteroatoms. The van der Waals surface area contributed by atoms with Gasteiger partial charge in [-0.15, -0.1) is 0 Å². The number of nitrogens with one attached hydrogen (secondary N) is 1.